The molecule has 0 saturated heterocycles. The fraction of sp³-hybridized carbons (Fsp3) is 0.360. The first kappa shape index (κ1) is 21.1. The first-order chi connectivity index (χ1) is 14.9. The van der Waals surface area contributed by atoms with Crippen molar-refractivity contribution in [2.24, 2.45) is 0 Å². The highest BCUT2D eigenvalue weighted by atomic mass is 19.1. The van der Waals surface area contributed by atoms with E-state index in [-0.39, 0.29) is 17.8 Å². The van der Waals surface area contributed by atoms with Crippen LogP contribution in [0.1, 0.15) is 41.6 Å². The number of pyridine rings is 1. The smallest absolute Gasteiger partial charge is 0.251 e. The zero-order valence-corrected chi connectivity index (χ0v) is 18.3. The van der Waals surface area contributed by atoms with Crippen LogP contribution in [0.15, 0.2) is 48.5 Å². The molecule has 31 heavy (non-hydrogen) atoms. The van der Waals surface area contributed by atoms with Gasteiger partial charge in [0.25, 0.3) is 5.91 Å². The highest BCUT2D eigenvalue weighted by Crippen LogP contribution is 2.29. The van der Waals surface area contributed by atoms with E-state index in [1.807, 2.05) is 32.3 Å². The molecule has 0 radical (unpaired) electrons. The molecule has 0 bridgehead atoms. The van der Waals surface area contributed by atoms with Crippen molar-refractivity contribution in [3.8, 4) is 0 Å². The number of nitrogens with one attached hydrogen (secondary N) is 2. The van der Waals surface area contributed by atoms with E-state index < -0.39 is 0 Å². The van der Waals surface area contributed by atoms with Crippen LogP contribution in [0.25, 0.3) is 10.9 Å². The number of aryl methyl sites for hydroxylation is 1. The molecule has 0 aliphatic heterocycles. The molecular weight excluding hydrogens is 391 g/mol. The van der Waals surface area contributed by atoms with Gasteiger partial charge in [0.1, 0.15) is 11.6 Å². The molecule has 0 atom stereocenters. The molecule has 1 fully saturated rings. The fourth-order valence-electron chi connectivity index (χ4n) is 4.20. The fourth-order valence-corrected chi connectivity index (χ4v) is 4.20. The van der Waals surface area contributed by atoms with Gasteiger partial charge < -0.3 is 15.5 Å². The number of halogens is 1. The normalized spacial score (nSPS) is 18.6. The average molecular weight is 421 g/mol. The van der Waals surface area contributed by atoms with E-state index in [0.717, 1.165) is 48.1 Å². The number of nitrogens with zero attached hydrogens (tertiary/aromatic N) is 2. The number of hydrogen-bond acceptors (Lipinski definition) is 4. The number of benzene rings is 2. The number of amides is 1. The monoisotopic (exact) mass is 420 g/mol. The Morgan fingerprint density at radius 3 is 2.45 bits per heavy atom. The maximum absolute atomic E-state index is 13.8. The van der Waals surface area contributed by atoms with Gasteiger partial charge >= 0.3 is 0 Å². The number of fused-ring (bicyclic) bond motifs is 1. The Labute approximate surface area is 182 Å². The van der Waals surface area contributed by atoms with Crippen molar-refractivity contribution in [3.63, 3.8) is 0 Å². The van der Waals surface area contributed by atoms with Crippen molar-refractivity contribution in [2.45, 2.75) is 44.7 Å². The number of hydrogen-bond donors (Lipinski definition) is 2. The van der Waals surface area contributed by atoms with Crippen LogP contribution in [0, 0.1) is 12.7 Å². The van der Waals surface area contributed by atoms with Crippen molar-refractivity contribution in [2.75, 3.05) is 24.3 Å². The molecule has 0 unspecified atom stereocenters. The summed E-state index contributed by atoms with van der Waals surface area (Å²) in [5.41, 5.74) is 3.03. The zero-order chi connectivity index (χ0) is 22.0. The second-order valence-electron chi connectivity index (χ2n) is 8.57. The lowest BCUT2D eigenvalue weighted by atomic mass is 9.91. The van der Waals surface area contributed by atoms with Crippen LogP contribution in [0.5, 0.6) is 0 Å². The van der Waals surface area contributed by atoms with E-state index in [4.69, 9.17) is 4.98 Å². The Balaban J connectivity index is 1.37. The average Bonchev–Trinajstić information content (AvgIpc) is 2.76. The van der Waals surface area contributed by atoms with Crippen LogP contribution < -0.4 is 15.5 Å². The van der Waals surface area contributed by atoms with Gasteiger partial charge in [0.05, 0.1) is 5.52 Å². The van der Waals surface area contributed by atoms with E-state index in [9.17, 15) is 9.18 Å². The van der Waals surface area contributed by atoms with E-state index in [2.05, 4.69) is 27.7 Å². The minimum Gasteiger partial charge on any atom is -0.377 e. The standard InChI is InChI=1S/C25H29FN4O/c1-16-8-9-17(14-21(16)26)25(31)28-19-12-10-18(11-13-19)27-24-15-23(30(2)3)20-6-4-5-7-22(20)29-24/h4-9,14-15,18-19H,10-13H2,1-3H3,(H,27,29)(H,28,31). The van der Waals surface area contributed by atoms with Gasteiger partial charge in [-0.05, 0) is 56.4 Å². The lowest BCUT2D eigenvalue weighted by Crippen LogP contribution is -2.40. The Bertz CT molecular complexity index is 1090. The molecule has 6 heteroatoms. The number of rotatable bonds is 5. The molecule has 162 valence electrons. The van der Waals surface area contributed by atoms with Crippen LogP contribution in [0.3, 0.4) is 0 Å². The van der Waals surface area contributed by atoms with Crippen molar-refractivity contribution in [3.05, 3.63) is 65.5 Å². The second-order valence-corrected chi connectivity index (χ2v) is 8.57. The van der Waals surface area contributed by atoms with E-state index in [1.165, 1.54) is 6.07 Å². The van der Waals surface area contributed by atoms with E-state index in [1.54, 1.807) is 19.1 Å². The van der Waals surface area contributed by atoms with Crippen LogP contribution in [0.2, 0.25) is 0 Å². The topological polar surface area (TPSA) is 57.3 Å². The molecule has 1 aliphatic rings. The summed E-state index contributed by atoms with van der Waals surface area (Å²) in [4.78, 5) is 19.4. The van der Waals surface area contributed by atoms with Gasteiger partial charge in [-0.1, -0.05) is 24.3 Å². The molecule has 3 aromatic rings. The summed E-state index contributed by atoms with van der Waals surface area (Å²) in [6.45, 7) is 1.69. The quantitative estimate of drug-likeness (QED) is 0.616. The van der Waals surface area contributed by atoms with Gasteiger partial charge in [0.2, 0.25) is 0 Å². The molecule has 4 rings (SSSR count). The van der Waals surface area contributed by atoms with Gasteiger partial charge in [-0.2, -0.15) is 0 Å². The molecule has 1 aromatic heterocycles. The molecule has 1 aliphatic carbocycles. The highest BCUT2D eigenvalue weighted by Gasteiger charge is 2.23. The largest absolute Gasteiger partial charge is 0.377 e. The summed E-state index contributed by atoms with van der Waals surface area (Å²) in [6.07, 6.45) is 3.65. The third-order valence-corrected chi connectivity index (χ3v) is 6.02. The Morgan fingerprint density at radius 1 is 1.03 bits per heavy atom. The summed E-state index contributed by atoms with van der Waals surface area (Å²) >= 11 is 0. The number of anilines is 2. The first-order valence-electron chi connectivity index (χ1n) is 10.8. The minimum atomic E-state index is -0.347. The molecular formula is C25H29FN4O. The van der Waals surface area contributed by atoms with Gasteiger partial charge in [0, 0.05) is 48.9 Å². The van der Waals surface area contributed by atoms with Crippen molar-refractivity contribution in [1.82, 2.24) is 10.3 Å². The third-order valence-electron chi connectivity index (χ3n) is 6.02. The maximum atomic E-state index is 13.8. The lowest BCUT2D eigenvalue weighted by Gasteiger charge is -2.30. The highest BCUT2D eigenvalue weighted by molar-refractivity contribution is 5.94. The molecule has 1 heterocycles. The predicted molar refractivity (Wildman–Crippen MR) is 124 cm³/mol. The van der Waals surface area contributed by atoms with Gasteiger partial charge in [-0.25, -0.2) is 9.37 Å². The number of para-hydroxylation sites is 1. The number of aromatic nitrogens is 1. The maximum Gasteiger partial charge on any atom is 0.251 e. The molecule has 2 aromatic carbocycles. The minimum absolute atomic E-state index is 0.108. The van der Waals surface area contributed by atoms with Crippen LogP contribution in [-0.2, 0) is 0 Å². The SMILES string of the molecule is Cc1ccc(C(=O)NC2CCC(Nc3cc(N(C)C)c4ccccc4n3)CC2)cc1F. The van der Waals surface area contributed by atoms with Gasteiger partial charge in [-0.15, -0.1) is 0 Å². The van der Waals surface area contributed by atoms with Crippen LogP contribution in [0.4, 0.5) is 15.9 Å². The van der Waals surface area contributed by atoms with E-state index >= 15 is 0 Å². The summed E-state index contributed by atoms with van der Waals surface area (Å²) in [5.74, 6) is 0.327. The van der Waals surface area contributed by atoms with Gasteiger partial charge in [0.15, 0.2) is 0 Å². The summed E-state index contributed by atoms with van der Waals surface area (Å²) in [5, 5.41) is 7.78. The lowest BCUT2D eigenvalue weighted by molar-refractivity contribution is 0.0926. The summed E-state index contributed by atoms with van der Waals surface area (Å²) in [7, 11) is 4.08. The number of carbonyl (C=O) groups excluding carboxylic acids is 1. The molecule has 0 spiro atoms. The second kappa shape index (κ2) is 8.92. The van der Waals surface area contributed by atoms with E-state index in [0.29, 0.717) is 17.2 Å². The summed E-state index contributed by atoms with van der Waals surface area (Å²) in [6, 6.07) is 15.3. The molecule has 2 N–H and O–H groups in total. The predicted octanol–water partition coefficient (Wildman–Crippen LogP) is 4.90. The molecule has 1 amide bonds. The van der Waals surface area contributed by atoms with Gasteiger partial charge in [-0.3, -0.25) is 4.79 Å². The Morgan fingerprint density at radius 2 is 1.74 bits per heavy atom. The van der Waals surface area contributed by atoms with Crippen LogP contribution >= 0.6 is 0 Å². The van der Waals surface area contributed by atoms with Crippen LogP contribution in [-0.4, -0.2) is 37.1 Å². The summed E-state index contributed by atoms with van der Waals surface area (Å²) < 4.78 is 13.8. The van der Waals surface area contributed by atoms with Crippen molar-refractivity contribution >= 4 is 28.3 Å². The number of carbonyl (C=O) groups is 1. The van der Waals surface area contributed by atoms with Crippen molar-refractivity contribution < 1.29 is 9.18 Å². The Hall–Kier alpha value is -3.15. The Kier molecular flexibility index (Phi) is 6.07. The zero-order valence-electron chi connectivity index (χ0n) is 18.3. The van der Waals surface area contributed by atoms with Crippen molar-refractivity contribution in [1.29, 1.82) is 0 Å². The molecule has 1 saturated carbocycles. The molecule has 5 nitrogen and oxygen atoms in total. The first-order valence-corrected chi connectivity index (χ1v) is 10.8. The third kappa shape index (κ3) is 4.79.